The number of hydrogen-bond acceptors (Lipinski definition) is 4. The minimum Gasteiger partial charge on any atom is -0.465 e. The summed E-state index contributed by atoms with van der Waals surface area (Å²) in [5, 5.41) is 11.0. The van der Waals surface area contributed by atoms with Gasteiger partial charge >= 0.3 is 12.1 Å². The Hall–Kier alpha value is -3.45. The smallest absolute Gasteiger partial charge is 0.416 e. The largest absolute Gasteiger partial charge is 0.465 e. The van der Waals surface area contributed by atoms with Crippen molar-refractivity contribution in [2.45, 2.75) is 44.4 Å². The van der Waals surface area contributed by atoms with Crippen molar-refractivity contribution >= 4 is 11.8 Å². The lowest BCUT2D eigenvalue weighted by molar-refractivity contribution is -0.137. The van der Waals surface area contributed by atoms with Crippen LogP contribution in [-0.4, -0.2) is 30.1 Å². The molecule has 0 aliphatic rings. The van der Waals surface area contributed by atoms with Crippen LogP contribution in [0.1, 0.15) is 56.7 Å². The SMILES string of the molecule is COC(=O)c1cccc(C(=O)C[C@@H](Cc2ccccc2)[C@H](O)CCCc2cccc(C(F)(F)F)c2)c1. The average molecular weight is 499 g/mol. The molecule has 0 heterocycles. The molecule has 2 atom stereocenters. The van der Waals surface area contributed by atoms with Gasteiger partial charge in [-0.2, -0.15) is 13.2 Å². The number of methoxy groups -OCH3 is 1. The molecule has 4 nitrogen and oxygen atoms in total. The molecule has 0 aromatic heterocycles. The predicted octanol–water partition coefficient (Wildman–Crippen LogP) is 6.31. The molecule has 3 rings (SSSR count). The molecule has 190 valence electrons. The van der Waals surface area contributed by atoms with Gasteiger partial charge in [0.05, 0.1) is 24.3 Å². The summed E-state index contributed by atoms with van der Waals surface area (Å²) in [5.41, 5.74) is 1.45. The zero-order valence-electron chi connectivity index (χ0n) is 20.0. The van der Waals surface area contributed by atoms with Crippen LogP contribution in [-0.2, 0) is 23.8 Å². The third-order valence-electron chi connectivity index (χ3n) is 6.16. The Labute approximate surface area is 208 Å². The zero-order valence-corrected chi connectivity index (χ0v) is 20.0. The molecule has 0 saturated heterocycles. The van der Waals surface area contributed by atoms with Gasteiger partial charge in [-0.1, -0.05) is 60.7 Å². The van der Waals surface area contributed by atoms with E-state index in [2.05, 4.69) is 0 Å². The van der Waals surface area contributed by atoms with Crippen LogP contribution in [0, 0.1) is 5.92 Å². The third kappa shape index (κ3) is 7.78. The van der Waals surface area contributed by atoms with E-state index in [4.69, 9.17) is 4.74 Å². The lowest BCUT2D eigenvalue weighted by Crippen LogP contribution is -2.26. The second-order valence-corrected chi connectivity index (χ2v) is 8.81. The summed E-state index contributed by atoms with van der Waals surface area (Å²) in [6.07, 6.45) is -3.51. The first kappa shape index (κ1) is 27.1. The summed E-state index contributed by atoms with van der Waals surface area (Å²) >= 11 is 0. The number of halogens is 3. The van der Waals surface area contributed by atoms with E-state index in [-0.39, 0.29) is 17.8 Å². The van der Waals surface area contributed by atoms with E-state index in [1.807, 2.05) is 30.3 Å². The number of Topliss-reactive ketones (excluding diaryl/α,β-unsaturated/α-hetero) is 1. The number of aryl methyl sites for hydroxylation is 1. The van der Waals surface area contributed by atoms with Gasteiger partial charge in [-0.3, -0.25) is 4.79 Å². The third-order valence-corrected chi connectivity index (χ3v) is 6.16. The number of carbonyl (C=O) groups is 2. The number of ketones is 1. The number of rotatable bonds is 11. The topological polar surface area (TPSA) is 63.6 Å². The molecular weight excluding hydrogens is 469 g/mol. The average Bonchev–Trinajstić information content (AvgIpc) is 2.88. The first-order valence-electron chi connectivity index (χ1n) is 11.8. The van der Waals surface area contributed by atoms with Gasteiger partial charge in [-0.05, 0) is 60.9 Å². The summed E-state index contributed by atoms with van der Waals surface area (Å²) in [7, 11) is 1.27. The van der Waals surface area contributed by atoms with E-state index in [0.29, 0.717) is 36.8 Å². The van der Waals surface area contributed by atoms with Crippen molar-refractivity contribution in [3.63, 3.8) is 0 Å². The Morgan fingerprint density at radius 3 is 2.25 bits per heavy atom. The van der Waals surface area contributed by atoms with E-state index < -0.39 is 29.7 Å². The van der Waals surface area contributed by atoms with Gasteiger partial charge in [-0.15, -0.1) is 0 Å². The number of aliphatic hydroxyl groups is 1. The Morgan fingerprint density at radius 1 is 0.889 bits per heavy atom. The molecule has 0 fully saturated rings. The highest BCUT2D eigenvalue weighted by Crippen LogP contribution is 2.30. The Bertz CT molecular complexity index is 1160. The van der Waals surface area contributed by atoms with Crippen LogP contribution < -0.4 is 0 Å². The van der Waals surface area contributed by atoms with Gasteiger partial charge in [0.2, 0.25) is 0 Å². The van der Waals surface area contributed by atoms with Gasteiger partial charge < -0.3 is 9.84 Å². The summed E-state index contributed by atoms with van der Waals surface area (Å²) in [6.45, 7) is 0. The van der Waals surface area contributed by atoms with Crippen LogP contribution in [0.3, 0.4) is 0 Å². The van der Waals surface area contributed by atoms with Crippen molar-refractivity contribution in [1.29, 1.82) is 0 Å². The normalized spacial score (nSPS) is 13.1. The van der Waals surface area contributed by atoms with Gasteiger partial charge in [0, 0.05) is 12.0 Å². The van der Waals surface area contributed by atoms with Crippen LogP contribution in [0.2, 0.25) is 0 Å². The summed E-state index contributed by atoms with van der Waals surface area (Å²) in [5.74, 6) is -1.15. The molecule has 1 N–H and O–H groups in total. The molecule has 36 heavy (non-hydrogen) atoms. The summed E-state index contributed by atoms with van der Waals surface area (Å²) < 4.78 is 43.7. The Kier molecular flexibility index (Phi) is 9.42. The minimum atomic E-state index is -4.40. The van der Waals surface area contributed by atoms with E-state index in [9.17, 15) is 27.9 Å². The van der Waals surface area contributed by atoms with Crippen LogP contribution in [0.15, 0.2) is 78.9 Å². The van der Waals surface area contributed by atoms with Crippen molar-refractivity contribution in [3.8, 4) is 0 Å². The number of esters is 1. The van der Waals surface area contributed by atoms with Crippen molar-refractivity contribution in [2.24, 2.45) is 5.92 Å². The minimum absolute atomic E-state index is 0.0598. The number of alkyl halides is 3. The molecule has 0 saturated carbocycles. The first-order chi connectivity index (χ1) is 17.2. The van der Waals surface area contributed by atoms with Crippen molar-refractivity contribution < 1.29 is 32.6 Å². The fourth-order valence-electron chi connectivity index (χ4n) is 4.21. The number of hydrogen-bond donors (Lipinski definition) is 1. The van der Waals surface area contributed by atoms with Gasteiger partial charge in [0.25, 0.3) is 0 Å². The van der Waals surface area contributed by atoms with E-state index in [0.717, 1.165) is 17.7 Å². The van der Waals surface area contributed by atoms with Crippen molar-refractivity contribution in [2.75, 3.05) is 7.11 Å². The molecule has 3 aromatic rings. The maximum atomic E-state index is 13.1. The maximum Gasteiger partial charge on any atom is 0.416 e. The van der Waals surface area contributed by atoms with Gasteiger partial charge in [0.1, 0.15) is 0 Å². The van der Waals surface area contributed by atoms with Crippen LogP contribution in [0.25, 0.3) is 0 Å². The molecule has 7 heteroatoms. The number of aliphatic hydroxyl groups excluding tert-OH is 1. The highest BCUT2D eigenvalue weighted by atomic mass is 19.4. The molecule has 0 unspecified atom stereocenters. The Balaban J connectivity index is 1.69. The fourth-order valence-corrected chi connectivity index (χ4v) is 4.21. The summed E-state index contributed by atoms with van der Waals surface area (Å²) in [6, 6.07) is 21.0. The van der Waals surface area contributed by atoms with Crippen LogP contribution >= 0.6 is 0 Å². The second-order valence-electron chi connectivity index (χ2n) is 8.81. The van der Waals surface area contributed by atoms with Gasteiger partial charge in [-0.25, -0.2) is 4.79 Å². The van der Waals surface area contributed by atoms with E-state index in [1.165, 1.54) is 19.2 Å². The molecule has 0 bridgehead atoms. The van der Waals surface area contributed by atoms with Crippen LogP contribution in [0.4, 0.5) is 13.2 Å². The van der Waals surface area contributed by atoms with E-state index >= 15 is 0 Å². The number of ether oxygens (including phenoxy) is 1. The van der Waals surface area contributed by atoms with Crippen molar-refractivity contribution in [3.05, 3.63) is 107 Å². The second kappa shape index (κ2) is 12.5. The molecule has 0 amide bonds. The van der Waals surface area contributed by atoms with Gasteiger partial charge in [0.15, 0.2) is 5.78 Å². The van der Waals surface area contributed by atoms with E-state index in [1.54, 1.807) is 24.3 Å². The molecule has 0 aliphatic carbocycles. The quantitative estimate of drug-likeness (QED) is 0.249. The summed E-state index contributed by atoms with van der Waals surface area (Å²) in [4.78, 5) is 24.9. The number of carbonyl (C=O) groups excluding carboxylic acids is 2. The van der Waals surface area contributed by atoms with Crippen LogP contribution in [0.5, 0.6) is 0 Å². The molecule has 0 spiro atoms. The highest BCUT2D eigenvalue weighted by molar-refractivity contribution is 5.99. The lowest BCUT2D eigenvalue weighted by Gasteiger charge is -2.23. The maximum absolute atomic E-state index is 13.1. The molecule has 0 aliphatic heterocycles. The Morgan fingerprint density at radius 2 is 1.56 bits per heavy atom. The predicted molar refractivity (Wildman–Crippen MR) is 131 cm³/mol. The first-order valence-corrected chi connectivity index (χ1v) is 11.8. The zero-order chi connectivity index (χ0) is 26.1. The standard InChI is InChI=1S/C29H29F3O4/c1-36-28(35)23-13-7-12-22(18-23)27(34)19-24(16-20-8-3-2-4-9-20)26(33)15-6-11-21-10-5-14-25(17-21)29(30,31)32/h2-5,7-10,12-14,17-18,24,26,33H,6,11,15-16,19H2,1H3/t24-,26-/m1/s1. The monoisotopic (exact) mass is 498 g/mol. The molecule has 3 aromatic carbocycles. The fraction of sp³-hybridized carbons (Fsp3) is 0.310. The van der Waals surface area contributed by atoms with Crippen molar-refractivity contribution in [1.82, 2.24) is 0 Å². The molecule has 0 radical (unpaired) electrons. The lowest BCUT2D eigenvalue weighted by atomic mass is 9.85. The number of benzene rings is 3. The highest BCUT2D eigenvalue weighted by Gasteiger charge is 2.30. The molecular formula is C29H29F3O4.